The van der Waals surface area contributed by atoms with Gasteiger partial charge in [-0.1, -0.05) is 11.3 Å². The Morgan fingerprint density at radius 1 is 1.33 bits per heavy atom. The smallest absolute Gasteiger partial charge is 0.267 e. The maximum atomic E-state index is 13.6. The number of furan rings is 1. The molecule has 0 bridgehead atoms. The minimum atomic E-state index is -0.832. The molecule has 0 aliphatic rings. The largest absolute Gasteiger partial charge is 0.467 e. The summed E-state index contributed by atoms with van der Waals surface area (Å²) in [5.41, 5.74) is 0.432. The highest BCUT2D eigenvalue weighted by molar-refractivity contribution is 7.17. The number of carbonyl (C=O) groups is 1. The van der Waals surface area contributed by atoms with Crippen LogP contribution in [-0.4, -0.2) is 10.9 Å². The van der Waals surface area contributed by atoms with E-state index in [1.807, 2.05) is 6.07 Å². The van der Waals surface area contributed by atoms with Gasteiger partial charge in [0.2, 0.25) is 0 Å². The van der Waals surface area contributed by atoms with E-state index >= 15 is 0 Å². The second-order valence-electron chi connectivity index (χ2n) is 4.94. The average molecular weight is 349 g/mol. The number of nitrogens with zero attached hydrogens (tertiary/aromatic N) is 1. The molecule has 0 radical (unpaired) electrons. The zero-order chi connectivity index (χ0) is 17.1. The third kappa shape index (κ3) is 3.60. The van der Waals surface area contributed by atoms with Gasteiger partial charge in [-0.3, -0.25) is 4.79 Å². The minimum absolute atomic E-state index is 0.0840. The van der Waals surface area contributed by atoms with Gasteiger partial charge in [0.25, 0.3) is 5.91 Å². The Balaban J connectivity index is 1.70. The molecule has 124 valence electrons. The van der Waals surface area contributed by atoms with Gasteiger partial charge in [-0.15, -0.1) is 0 Å². The summed E-state index contributed by atoms with van der Waals surface area (Å²) >= 11 is 1.15. The van der Waals surface area contributed by atoms with E-state index in [-0.39, 0.29) is 5.69 Å². The molecule has 0 fully saturated rings. The predicted molar refractivity (Wildman–Crippen MR) is 87.2 cm³/mol. The van der Waals surface area contributed by atoms with Gasteiger partial charge in [0, 0.05) is 6.07 Å². The fourth-order valence-corrected chi connectivity index (χ4v) is 2.89. The number of nitrogens with one attached hydrogen (secondary N) is 2. The van der Waals surface area contributed by atoms with Crippen LogP contribution in [0, 0.1) is 18.6 Å². The van der Waals surface area contributed by atoms with E-state index in [0.717, 1.165) is 23.2 Å². The number of carbonyl (C=O) groups excluding carboxylic acids is 1. The van der Waals surface area contributed by atoms with E-state index in [0.29, 0.717) is 28.3 Å². The van der Waals surface area contributed by atoms with E-state index in [1.165, 1.54) is 6.07 Å². The van der Waals surface area contributed by atoms with Gasteiger partial charge < -0.3 is 15.1 Å². The second-order valence-corrected chi connectivity index (χ2v) is 5.94. The molecular weight excluding hydrogens is 336 g/mol. The van der Waals surface area contributed by atoms with Gasteiger partial charge in [-0.25, -0.2) is 13.8 Å². The monoisotopic (exact) mass is 349 g/mol. The molecule has 0 atom stereocenters. The fourth-order valence-electron chi connectivity index (χ4n) is 2.03. The molecule has 5 nitrogen and oxygen atoms in total. The number of aryl methyl sites for hydroxylation is 1. The molecule has 0 spiro atoms. The van der Waals surface area contributed by atoms with Crippen LogP contribution in [0.4, 0.5) is 19.6 Å². The standard InChI is InChI=1S/C16H13F2N3O2S/c1-9-14(15(22)21-13-5-4-10(17)7-12(13)18)24-16(20-9)19-8-11-3-2-6-23-11/h2-7H,8H2,1H3,(H,19,20)(H,21,22). The zero-order valence-corrected chi connectivity index (χ0v) is 13.4. The molecule has 2 aromatic heterocycles. The molecule has 0 saturated heterocycles. The quantitative estimate of drug-likeness (QED) is 0.725. The summed E-state index contributed by atoms with van der Waals surface area (Å²) in [5.74, 6) is -1.30. The number of aromatic nitrogens is 1. The molecular formula is C16H13F2N3O2S. The Kier molecular flexibility index (Phi) is 4.57. The third-order valence-electron chi connectivity index (χ3n) is 3.18. The van der Waals surface area contributed by atoms with Crippen molar-refractivity contribution in [2.45, 2.75) is 13.5 Å². The maximum absolute atomic E-state index is 13.6. The molecule has 2 heterocycles. The lowest BCUT2D eigenvalue weighted by Gasteiger charge is -2.05. The Labute approximate surface area is 140 Å². The molecule has 0 unspecified atom stereocenters. The molecule has 3 rings (SSSR count). The van der Waals surface area contributed by atoms with Crippen LogP contribution < -0.4 is 10.6 Å². The highest BCUT2D eigenvalue weighted by Crippen LogP contribution is 2.25. The molecule has 24 heavy (non-hydrogen) atoms. The van der Waals surface area contributed by atoms with Gasteiger partial charge >= 0.3 is 0 Å². The Bertz CT molecular complexity index is 862. The Morgan fingerprint density at radius 3 is 2.88 bits per heavy atom. The number of hydrogen-bond acceptors (Lipinski definition) is 5. The summed E-state index contributed by atoms with van der Waals surface area (Å²) in [6.07, 6.45) is 1.57. The predicted octanol–water partition coefficient (Wildman–Crippen LogP) is 4.19. The highest BCUT2D eigenvalue weighted by atomic mass is 32.1. The summed E-state index contributed by atoms with van der Waals surface area (Å²) < 4.78 is 31.7. The van der Waals surface area contributed by atoms with Crippen LogP contribution >= 0.6 is 11.3 Å². The van der Waals surface area contributed by atoms with Crippen LogP contribution in [0.3, 0.4) is 0 Å². The van der Waals surface area contributed by atoms with E-state index in [9.17, 15) is 13.6 Å². The van der Waals surface area contributed by atoms with Crippen LogP contribution in [0.1, 0.15) is 21.1 Å². The van der Waals surface area contributed by atoms with Crippen molar-refractivity contribution >= 4 is 28.1 Å². The molecule has 1 amide bonds. The van der Waals surface area contributed by atoms with Crippen molar-refractivity contribution in [1.82, 2.24) is 4.98 Å². The Morgan fingerprint density at radius 2 is 2.17 bits per heavy atom. The topological polar surface area (TPSA) is 67.2 Å². The van der Waals surface area contributed by atoms with Crippen LogP contribution in [0.5, 0.6) is 0 Å². The van der Waals surface area contributed by atoms with E-state index in [1.54, 1.807) is 19.3 Å². The fraction of sp³-hybridized carbons (Fsp3) is 0.125. The Hall–Kier alpha value is -2.74. The molecule has 8 heteroatoms. The first-order valence-electron chi connectivity index (χ1n) is 7.03. The molecule has 1 aromatic carbocycles. The van der Waals surface area contributed by atoms with Crippen molar-refractivity contribution in [1.29, 1.82) is 0 Å². The lowest BCUT2D eigenvalue weighted by atomic mass is 10.3. The van der Waals surface area contributed by atoms with Gasteiger partial charge in [0.1, 0.15) is 22.3 Å². The second kappa shape index (κ2) is 6.79. The van der Waals surface area contributed by atoms with Crippen LogP contribution in [-0.2, 0) is 6.54 Å². The van der Waals surface area contributed by atoms with Crippen molar-refractivity contribution < 1.29 is 18.0 Å². The summed E-state index contributed by atoms with van der Waals surface area (Å²) in [7, 11) is 0. The number of rotatable bonds is 5. The van der Waals surface area contributed by atoms with Crippen molar-refractivity contribution in [2.75, 3.05) is 10.6 Å². The van der Waals surface area contributed by atoms with Gasteiger partial charge in [0.15, 0.2) is 5.13 Å². The van der Waals surface area contributed by atoms with E-state index in [4.69, 9.17) is 4.42 Å². The molecule has 3 aromatic rings. The number of hydrogen-bond donors (Lipinski definition) is 2. The lowest BCUT2D eigenvalue weighted by Crippen LogP contribution is -2.12. The minimum Gasteiger partial charge on any atom is -0.467 e. The first kappa shape index (κ1) is 16.1. The SMILES string of the molecule is Cc1nc(NCc2ccco2)sc1C(=O)Nc1ccc(F)cc1F. The molecule has 0 aliphatic carbocycles. The van der Waals surface area contributed by atoms with E-state index < -0.39 is 17.5 Å². The van der Waals surface area contributed by atoms with Gasteiger partial charge in [0.05, 0.1) is 24.2 Å². The highest BCUT2D eigenvalue weighted by Gasteiger charge is 2.17. The zero-order valence-electron chi connectivity index (χ0n) is 12.6. The van der Waals surface area contributed by atoms with Crippen molar-refractivity contribution in [3.05, 3.63) is 64.6 Å². The first-order chi connectivity index (χ1) is 11.5. The third-order valence-corrected chi connectivity index (χ3v) is 4.29. The number of thiazole rings is 1. The maximum Gasteiger partial charge on any atom is 0.267 e. The van der Waals surface area contributed by atoms with Gasteiger partial charge in [-0.2, -0.15) is 0 Å². The molecule has 0 saturated carbocycles. The number of amides is 1. The number of halogens is 2. The normalized spacial score (nSPS) is 10.6. The summed E-state index contributed by atoms with van der Waals surface area (Å²) in [5, 5.41) is 6.03. The van der Waals surface area contributed by atoms with Crippen molar-refractivity contribution in [3.63, 3.8) is 0 Å². The average Bonchev–Trinajstić information content (AvgIpc) is 3.17. The van der Waals surface area contributed by atoms with E-state index in [2.05, 4.69) is 15.6 Å². The summed E-state index contributed by atoms with van der Waals surface area (Å²) in [6.45, 7) is 2.12. The van der Waals surface area contributed by atoms with Crippen molar-refractivity contribution in [3.8, 4) is 0 Å². The van der Waals surface area contributed by atoms with Crippen LogP contribution in [0.15, 0.2) is 41.0 Å². The first-order valence-corrected chi connectivity index (χ1v) is 7.84. The number of anilines is 2. The number of benzene rings is 1. The summed E-state index contributed by atoms with van der Waals surface area (Å²) in [4.78, 5) is 16.9. The van der Waals surface area contributed by atoms with Crippen molar-refractivity contribution in [2.24, 2.45) is 0 Å². The van der Waals surface area contributed by atoms with Crippen LogP contribution in [0.25, 0.3) is 0 Å². The summed E-state index contributed by atoms with van der Waals surface area (Å²) in [6, 6.07) is 6.56. The van der Waals surface area contributed by atoms with Gasteiger partial charge in [-0.05, 0) is 31.2 Å². The lowest BCUT2D eigenvalue weighted by molar-refractivity contribution is 0.102. The molecule has 0 aliphatic heterocycles. The van der Waals surface area contributed by atoms with Crippen LogP contribution in [0.2, 0.25) is 0 Å². The molecule has 2 N–H and O–H groups in total.